The first-order valence-corrected chi connectivity index (χ1v) is 9.98. The van der Waals surface area contributed by atoms with E-state index in [1.54, 1.807) is 6.33 Å². The van der Waals surface area contributed by atoms with Crippen molar-refractivity contribution in [3.63, 3.8) is 0 Å². The van der Waals surface area contributed by atoms with Crippen molar-refractivity contribution in [2.45, 2.75) is 50.7 Å². The molecular formula is C22H26N4O2. The molecule has 1 fully saturated rings. The van der Waals surface area contributed by atoms with E-state index < -0.39 is 5.54 Å². The Balaban J connectivity index is 1.62. The molecule has 146 valence electrons. The summed E-state index contributed by atoms with van der Waals surface area (Å²) in [5, 5.41) is 0. The van der Waals surface area contributed by atoms with Gasteiger partial charge in [0, 0.05) is 30.0 Å². The Labute approximate surface area is 165 Å². The van der Waals surface area contributed by atoms with Crippen LogP contribution in [0, 0.1) is 12.3 Å². The zero-order valence-corrected chi connectivity index (χ0v) is 16.4. The van der Waals surface area contributed by atoms with Crippen molar-refractivity contribution in [1.82, 2.24) is 9.97 Å². The summed E-state index contributed by atoms with van der Waals surface area (Å²) in [7, 11) is 1.81. The summed E-state index contributed by atoms with van der Waals surface area (Å²) < 4.78 is 11.4. The number of nitrogens with zero attached hydrogens (tertiary/aromatic N) is 3. The molecule has 2 heterocycles. The van der Waals surface area contributed by atoms with Gasteiger partial charge in [-0.15, -0.1) is 0 Å². The molecule has 3 aliphatic rings. The Kier molecular flexibility index (Phi) is 3.95. The van der Waals surface area contributed by atoms with Gasteiger partial charge in [0.05, 0.1) is 6.10 Å². The Morgan fingerprint density at radius 2 is 2.07 bits per heavy atom. The number of amidine groups is 1. The summed E-state index contributed by atoms with van der Waals surface area (Å²) in [5.74, 6) is 0. The lowest BCUT2D eigenvalue weighted by Crippen LogP contribution is -2.46. The van der Waals surface area contributed by atoms with Gasteiger partial charge in [-0.05, 0) is 61.8 Å². The van der Waals surface area contributed by atoms with Crippen LogP contribution in [0.15, 0.2) is 35.7 Å². The van der Waals surface area contributed by atoms with Crippen molar-refractivity contribution in [3.05, 3.63) is 47.5 Å². The van der Waals surface area contributed by atoms with Gasteiger partial charge in [0.15, 0.2) is 0 Å². The fraction of sp³-hybridized carbons (Fsp3) is 0.500. The van der Waals surface area contributed by atoms with E-state index in [-0.39, 0.29) is 5.41 Å². The van der Waals surface area contributed by atoms with Gasteiger partial charge < -0.3 is 15.2 Å². The lowest BCUT2D eigenvalue weighted by atomic mass is 9.62. The van der Waals surface area contributed by atoms with Crippen molar-refractivity contribution in [2.24, 2.45) is 16.1 Å². The first kappa shape index (κ1) is 17.6. The standard InChI is InChI=1S/C22H26N4O2/c1-14-18(11-24-13-25-14)15-3-4-16-10-21(7-5-17(27-2)6-8-21)22(19(16)9-15)12-28-20(23)26-22/h3-4,9,11,13,17H,5-8,10,12H2,1-2H3,(H2,23,26)/t17-,21-,22-/m0/s1. The number of methoxy groups -OCH3 is 1. The minimum Gasteiger partial charge on any atom is -0.462 e. The molecule has 2 spiro atoms. The van der Waals surface area contributed by atoms with Crippen molar-refractivity contribution < 1.29 is 9.47 Å². The number of hydrogen-bond donors (Lipinski definition) is 1. The third-order valence-electron chi connectivity index (χ3n) is 7.14. The average molecular weight is 378 g/mol. The third kappa shape index (κ3) is 2.40. The zero-order chi connectivity index (χ0) is 19.4. The molecule has 1 atom stereocenters. The number of hydrogen-bond acceptors (Lipinski definition) is 6. The summed E-state index contributed by atoms with van der Waals surface area (Å²) in [6.45, 7) is 2.54. The van der Waals surface area contributed by atoms with Gasteiger partial charge in [-0.1, -0.05) is 12.1 Å². The van der Waals surface area contributed by atoms with Crippen LogP contribution in [0.3, 0.4) is 0 Å². The van der Waals surface area contributed by atoms with Gasteiger partial charge >= 0.3 is 0 Å². The number of benzene rings is 1. The molecule has 6 nitrogen and oxygen atoms in total. The molecule has 2 N–H and O–H groups in total. The monoisotopic (exact) mass is 378 g/mol. The van der Waals surface area contributed by atoms with Gasteiger partial charge in [0.1, 0.15) is 18.5 Å². The van der Waals surface area contributed by atoms with Crippen LogP contribution in [0.4, 0.5) is 0 Å². The fourth-order valence-corrected chi connectivity index (χ4v) is 5.56. The normalized spacial score (nSPS) is 31.1. The van der Waals surface area contributed by atoms with Crippen molar-refractivity contribution in [2.75, 3.05) is 13.7 Å². The molecule has 2 aromatic rings. The van der Waals surface area contributed by atoms with Crippen LogP contribution >= 0.6 is 0 Å². The van der Waals surface area contributed by atoms with E-state index in [2.05, 4.69) is 28.2 Å². The molecule has 28 heavy (non-hydrogen) atoms. The highest BCUT2D eigenvalue weighted by Gasteiger charge is 2.61. The van der Waals surface area contributed by atoms with E-state index in [1.165, 1.54) is 11.1 Å². The smallest absolute Gasteiger partial charge is 0.283 e. The summed E-state index contributed by atoms with van der Waals surface area (Å²) in [6.07, 6.45) is 9.09. The molecule has 1 saturated carbocycles. The minimum absolute atomic E-state index is 0.0480. The van der Waals surface area contributed by atoms with Crippen LogP contribution in [0.5, 0.6) is 0 Å². The van der Waals surface area contributed by atoms with Crippen LogP contribution in [0.2, 0.25) is 0 Å². The minimum atomic E-state index is -0.398. The first-order chi connectivity index (χ1) is 13.6. The van der Waals surface area contributed by atoms with Crippen LogP contribution in [0.1, 0.15) is 42.5 Å². The van der Waals surface area contributed by atoms with Crippen LogP contribution in [-0.2, 0) is 21.4 Å². The van der Waals surface area contributed by atoms with E-state index >= 15 is 0 Å². The third-order valence-corrected chi connectivity index (χ3v) is 7.14. The van der Waals surface area contributed by atoms with Crippen molar-refractivity contribution >= 4 is 6.02 Å². The summed E-state index contributed by atoms with van der Waals surface area (Å²) in [6, 6.07) is 7.01. The second kappa shape index (κ2) is 6.27. The van der Waals surface area contributed by atoms with E-state index in [0.29, 0.717) is 18.7 Å². The lowest BCUT2D eigenvalue weighted by molar-refractivity contribution is -0.00983. The Bertz CT molecular complexity index is 949. The maximum absolute atomic E-state index is 6.05. The fourth-order valence-electron chi connectivity index (χ4n) is 5.56. The van der Waals surface area contributed by atoms with Gasteiger partial charge in [0.25, 0.3) is 6.02 Å². The molecule has 0 unspecified atom stereocenters. The Morgan fingerprint density at radius 3 is 2.75 bits per heavy atom. The lowest BCUT2D eigenvalue weighted by Gasteiger charge is -2.45. The summed E-state index contributed by atoms with van der Waals surface area (Å²) >= 11 is 0. The molecule has 0 bridgehead atoms. The van der Waals surface area contributed by atoms with E-state index in [1.807, 2.05) is 20.2 Å². The Morgan fingerprint density at radius 1 is 1.25 bits per heavy atom. The largest absolute Gasteiger partial charge is 0.462 e. The van der Waals surface area contributed by atoms with Crippen LogP contribution < -0.4 is 5.73 Å². The number of ether oxygens (including phenoxy) is 2. The van der Waals surface area contributed by atoms with Gasteiger partial charge in [-0.2, -0.15) is 0 Å². The quantitative estimate of drug-likeness (QED) is 0.868. The number of aliphatic imine (C=N–C) groups is 1. The summed E-state index contributed by atoms with van der Waals surface area (Å²) in [4.78, 5) is 13.5. The van der Waals surface area contributed by atoms with Crippen molar-refractivity contribution in [3.8, 4) is 11.1 Å². The predicted octanol–water partition coefficient (Wildman–Crippen LogP) is 3.12. The highest BCUT2D eigenvalue weighted by Crippen LogP contribution is 2.61. The molecule has 0 saturated heterocycles. The van der Waals surface area contributed by atoms with E-state index in [9.17, 15) is 0 Å². The molecule has 2 aliphatic carbocycles. The molecule has 6 heteroatoms. The molecule has 1 aliphatic heterocycles. The van der Waals surface area contributed by atoms with E-state index in [4.69, 9.17) is 20.2 Å². The van der Waals surface area contributed by atoms with Crippen LogP contribution in [0.25, 0.3) is 11.1 Å². The number of rotatable bonds is 2. The first-order valence-electron chi connectivity index (χ1n) is 9.98. The second-order valence-electron chi connectivity index (χ2n) is 8.38. The van der Waals surface area contributed by atoms with Gasteiger partial charge in [-0.3, -0.25) is 0 Å². The zero-order valence-electron chi connectivity index (χ0n) is 16.4. The maximum atomic E-state index is 6.05. The van der Waals surface area contributed by atoms with Crippen molar-refractivity contribution in [1.29, 1.82) is 0 Å². The number of fused-ring (bicyclic) bond motifs is 3. The molecule has 1 aromatic heterocycles. The molecule has 0 radical (unpaired) electrons. The SMILES string of the molecule is CO[C@H]1CC[C@]2(CC1)Cc1ccc(-c3cncnc3C)cc1[C@@]21COC(N)=N1. The molecule has 0 amide bonds. The second-order valence-corrected chi connectivity index (χ2v) is 8.38. The average Bonchev–Trinajstić information content (AvgIpc) is 3.23. The molecule has 1 aromatic carbocycles. The number of aromatic nitrogens is 2. The molecular weight excluding hydrogens is 352 g/mol. The predicted molar refractivity (Wildman–Crippen MR) is 107 cm³/mol. The maximum Gasteiger partial charge on any atom is 0.283 e. The van der Waals surface area contributed by atoms with Gasteiger partial charge in [0.2, 0.25) is 0 Å². The topological polar surface area (TPSA) is 82.6 Å². The molecule has 5 rings (SSSR count). The van der Waals surface area contributed by atoms with E-state index in [0.717, 1.165) is 48.9 Å². The summed E-state index contributed by atoms with van der Waals surface area (Å²) in [5.41, 5.74) is 11.5. The highest BCUT2D eigenvalue weighted by molar-refractivity contribution is 5.76. The van der Waals surface area contributed by atoms with Crippen LogP contribution in [-0.4, -0.2) is 35.8 Å². The number of nitrogens with two attached hydrogens (primary N) is 1. The Hall–Kier alpha value is -2.47. The van der Waals surface area contributed by atoms with Gasteiger partial charge in [-0.25, -0.2) is 15.0 Å². The highest BCUT2D eigenvalue weighted by atomic mass is 16.5. The number of aryl methyl sites for hydroxylation is 1.